The van der Waals surface area contributed by atoms with Crippen molar-refractivity contribution in [2.45, 2.75) is 32.2 Å². The van der Waals surface area contributed by atoms with Crippen molar-refractivity contribution in [2.24, 2.45) is 0 Å². The topological polar surface area (TPSA) is 57.8 Å². The second kappa shape index (κ2) is 4.23. The molecule has 0 bridgehead atoms. The van der Waals surface area contributed by atoms with Crippen molar-refractivity contribution in [1.29, 1.82) is 0 Å². The highest BCUT2D eigenvalue weighted by molar-refractivity contribution is 7.18. The summed E-state index contributed by atoms with van der Waals surface area (Å²) < 4.78 is 0. The molecule has 0 fully saturated rings. The zero-order valence-corrected chi connectivity index (χ0v) is 10.6. The third-order valence-corrected chi connectivity index (χ3v) is 4.40. The van der Waals surface area contributed by atoms with E-state index in [1.807, 2.05) is 7.05 Å². The predicted octanol–water partition coefficient (Wildman–Crippen LogP) is 1.58. The number of fused-ring (bicyclic) bond motifs is 3. The van der Waals surface area contributed by atoms with Crippen LogP contribution >= 0.6 is 11.3 Å². The molecular weight excluding hydrogens is 234 g/mol. The number of thiophene rings is 1. The van der Waals surface area contributed by atoms with E-state index in [4.69, 9.17) is 0 Å². The van der Waals surface area contributed by atoms with Crippen LogP contribution in [0.4, 0.5) is 0 Å². The van der Waals surface area contributed by atoms with E-state index in [1.165, 1.54) is 23.3 Å². The molecule has 3 rings (SSSR count). The van der Waals surface area contributed by atoms with Gasteiger partial charge in [-0.15, -0.1) is 11.3 Å². The molecule has 0 saturated carbocycles. The lowest BCUT2D eigenvalue weighted by atomic mass is 9.97. The molecule has 1 aliphatic rings. The van der Waals surface area contributed by atoms with E-state index in [0.717, 1.165) is 28.9 Å². The van der Waals surface area contributed by atoms with Gasteiger partial charge in [0.05, 0.1) is 11.9 Å². The quantitative estimate of drug-likeness (QED) is 0.849. The lowest BCUT2D eigenvalue weighted by molar-refractivity contribution is 0.699. The zero-order valence-electron chi connectivity index (χ0n) is 9.80. The first-order chi connectivity index (χ1) is 8.29. The lowest BCUT2D eigenvalue weighted by Gasteiger charge is -2.09. The standard InChI is InChI=1S/C12H15N3OS/c1-13-6-9-14-11(16)10-7-4-2-3-5-8(7)17-12(10)15-9/h13H,2-6H2,1H3,(H,14,15,16). The first-order valence-electron chi connectivity index (χ1n) is 5.97. The van der Waals surface area contributed by atoms with Crippen LogP contribution in [0.25, 0.3) is 10.2 Å². The molecule has 2 aromatic rings. The first-order valence-corrected chi connectivity index (χ1v) is 6.79. The van der Waals surface area contributed by atoms with Crippen LogP contribution in [0.3, 0.4) is 0 Å². The summed E-state index contributed by atoms with van der Waals surface area (Å²) in [6.07, 6.45) is 4.57. The summed E-state index contributed by atoms with van der Waals surface area (Å²) in [6, 6.07) is 0. The summed E-state index contributed by atoms with van der Waals surface area (Å²) in [5.41, 5.74) is 1.28. The van der Waals surface area contributed by atoms with Crippen molar-refractivity contribution in [2.75, 3.05) is 7.05 Å². The van der Waals surface area contributed by atoms with E-state index < -0.39 is 0 Å². The van der Waals surface area contributed by atoms with Crippen LogP contribution in [-0.2, 0) is 19.4 Å². The van der Waals surface area contributed by atoms with Crippen LogP contribution in [-0.4, -0.2) is 17.0 Å². The van der Waals surface area contributed by atoms with Crippen LogP contribution in [0.5, 0.6) is 0 Å². The average molecular weight is 249 g/mol. The van der Waals surface area contributed by atoms with Crippen molar-refractivity contribution in [3.8, 4) is 0 Å². The summed E-state index contributed by atoms with van der Waals surface area (Å²) in [5, 5.41) is 3.85. The number of aromatic amines is 1. The Kier molecular flexibility index (Phi) is 2.72. The van der Waals surface area contributed by atoms with Gasteiger partial charge in [-0.25, -0.2) is 4.98 Å². The third kappa shape index (κ3) is 1.79. The van der Waals surface area contributed by atoms with Crippen LogP contribution in [0.15, 0.2) is 4.79 Å². The number of nitrogens with one attached hydrogen (secondary N) is 2. The number of rotatable bonds is 2. The van der Waals surface area contributed by atoms with Gasteiger partial charge in [-0.1, -0.05) is 0 Å². The Bertz CT molecular complexity index is 614. The molecule has 1 aliphatic carbocycles. The fourth-order valence-corrected chi connectivity index (χ4v) is 3.74. The molecule has 4 nitrogen and oxygen atoms in total. The maximum Gasteiger partial charge on any atom is 0.259 e. The van der Waals surface area contributed by atoms with Gasteiger partial charge in [-0.05, 0) is 38.3 Å². The summed E-state index contributed by atoms with van der Waals surface area (Å²) in [7, 11) is 1.85. The van der Waals surface area contributed by atoms with Crippen molar-refractivity contribution >= 4 is 21.6 Å². The Morgan fingerprint density at radius 2 is 2.24 bits per heavy atom. The first kappa shape index (κ1) is 10.9. The van der Waals surface area contributed by atoms with Gasteiger partial charge in [0.1, 0.15) is 10.7 Å². The number of H-pyrrole nitrogens is 1. The fraction of sp³-hybridized carbons (Fsp3) is 0.500. The van der Waals surface area contributed by atoms with Crippen LogP contribution in [0.1, 0.15) is 29.1 Å². The number of nitrogens with zero attached hydrogens (tertiary/aromatic N) is 1. The van der Waals surface area contributed by atoms with Crippen molar-refractivity contribution < 1.29 is 0 Å². The van der Waals surface area contributed by atoms with E-state index in [9.17, 15) is 4.79 Å². The molecule has 0 amide bonds. The summed E-state index contributed by atoms with van der Waals surface area (Å²) in [6.45, 7) is 0.605. The summed E-state index contributed by atoms with van der Waals surface area (Å²) >= 11 is 1.70. The van der Waals surface area contributed by atoms with Gasteiger partial charge in [-0.3, -0.25) is 4.79 Å². The molecule has 0 atom stereocenters. The minimum Gasteiger partial charge on any atom is -0.313 e. The molecule has 17 heavy (non-hydrogen) atoms. The third-order valence-electron chi connectivity index (χ3n) is 3.22. The zero-order chi connectivity index (χ0) is 11.8. The number of hydrogen-bond acceptors (Lipinski definition) is 4. The molecule has 5 heteroatoms. The van der Waals surface area contributed by atoms with Gasteiger partial charge in [0.15, 0.2) is 0 Å². The van der Waals surface area contributed by atoms with Crippen molar-refractivity contribution in [3.05, 3.63) is 26.6 Å². The SMILES string of the molecule is CNCc1nc2sc3c(c2c(=O)[nH]1)CCCC3. The predicted molar refractivity (Wildman–Crippen MR) is 69.6 cm³/mol. The van der Waals surface area contributed by atoms with Gasteiger partial charge in [0, 0.05) is 4.88 Å². The summed E-state index contributed by atoms with van der Waals surface area (Å²) in [4.78, 5) is 21.8. The Morgan fingerprint density at radius 3 is 3.06 bits per heavy atom. The van der Waals surface area contributed by atoms with E-state index >= 15 is 0 Å². The van der Waals surface area contributed by atoms with E-state index in [1.54, 1.807) is 11.3 Å². The van der Waals surface area contributed by atoms with Crippen LogP contribution in [0, 0.1) is 0 Å². The molecule has 0 unspecified atom stereocenters. The molecule has 90 valence electrons. The minimum absolute atomic E-state index is 0.0275. The average Bonchev–Trinajstić information content (AvgIpc) is 2.67. The smallest absolute Gasteiger partial charge is 0.259 e. The molecule has 0 spiro atoms. The van der Waals surface area contributed by atoms with Gasteiger partial charge in [0.25, 0.3) is 5.56 Å². The Labute approximate surface area is 103 Å². The number of aryl methyl sites for hydroxylation is 2. The molecular formula is C12H15N3OS. The van der Waals surface area contributed by atoms with E-state index in [-0.39, 0.29) is 5.56 Å². The number of aromatic nitrogens is 2. The molecule has 2 heterocycles. The monoisotopic (exact) mass is 249 g/mol. The maximum atomic E-state index is 12.1. The fourth-order valence-electron chi connectivity index (χ4n) is 2.46. The van der Waals surface area contributed by atoms with Crippen molar-refractivity contribution in [3.63, 3.8) is 0 Å². The molecule has 0 saturated heterocycles. The lowest BCUT2D eigenvalue weighted by Crippen LogP contribution is -2.16. The molecule has 0 aromatic carbocycles. The largest absolute Gasteiger partial charge is 0.313 e. The molecule has 2 N–H and O–H groups in total. The molecule has 0 radical (unpaired) electrons. The molecule has 2 aromatic heterocycles. The maximum absolute atomic E-state index is 12.1. The van der Waals surface area contributed by atoms with Crippen molar-refractivity contribution in [1.82, 2.24) is 15.3 Å². The van der Waals surface area contributed by atoms with E-state index in [2.05, 4.69) is 15.3 Å². The highest BCUT2D eigenvalue weighted by Crippen LogP contribution is 2.33. The van der Waals surface area contributed by atoms with Crippen LogP contribution in [0.2, 0.25) is 0 Å². The highest BCUT2D eigenvalue weighted by Gasteiger charge is 2.19. The Morgan fingerprint density at radius 1 is 1.41 bits per heavy atom. The normalized spacial score (nSPS) is 15.1. The molecule has 0 aliphatic heterocycles. The van der Waals surface area contributed by atoms with Gasteiger partial charge in [-0.2, -0.15) is 0 Å². The Hall–Kier alpha value is -1.20. The minimum atomic E-state index is 0.0275. The number of hydrogen-bond donors (Lipinski definition) is 2. The second-order valence-electron chi connectivity index (χ2n) is 4.43. The Balaban J connectivity index is 2.23. The summed E-state index contributed by atoms with van der Waals surface area (Å²) in [5.74, 6) is 0.726. The van der Waals surface area contributed by atoms with Gasteiger partial charge in [0.2, 0.25) is 0 Å². The van der Waals surface area contributed by atoms with E-state index in [0.29, 0.717) is 6.54 Å². The van der Waals surface area contributed by atoms with Gasteiger partial charge < -0.3 is 10.3 Å². The van der Waals surface area contributed by atoms with Gasteiger partial charge >= 0.3 is 0 Å². The highest BCUT2D eigenvalue weighted by atomic mass is 32.1. The van der Waals surface area contributed by atoms with Crippen LogP contribution < -0.4 is 10.9 Å². The second-order valence-corrected chi connectivity index (χ2v) is 5.52.